The average Bonchev–Trinajstić information content (AvgIpc) is 3.40. The summed E-state index contributed by atoms with van der Waals surface area (Å²) in [7, 11) is 1.65. The summed E-state index contributed by atoms with van der Waals surface area (Å²) in [5.41, 5.74) is 2.79. The first-order valence-electron chi connectivity index (χ1n) is 8.11. The van der Waals surface area contributed by atoms with E-state index < -0.39 is 0 Å². The lowest BCUT2D eigenvalue weighted by Gasteiger charge is -2.40. The van der Waals surface area contributed by atoms with E-state index in [9.17, 15) is 0 Å². The second-order valence-electron chi connectivity index (χ2n) is 6.76. The van der Waals surface area contributed by atoms with Crippen molar-refractivity contribution >= 4 is 17.2 Å². The molecule has 0 amide bonds. The highest BCUT2D eigenvalue weighted by Gasteiger charge is 2.54. The fraction of sp³-hybridized carbons (Fsp3) is 0.368. The van der Waals surface area contributed by atoms with E-state index in [2.05, 4.69) is 41.5 Å². The van der Waals surface area contributed by atoms with Gasteiger partial charge in [0.25, 0.3) is 0 Å². The van der Waals surface area contributed by atoms with Crippen molar-refractivity contribution in [1.82, 2.24) is 10.3 Å². The maximum atomic E-state index is 6.10. The van der Waals surface area contributed by atoms with Crippen LogP contribution in [0.1, 0.15) is 25.3 Å². The molecule has 4 rings (SSSR count). The lowest BCUT2D eigenvalue weighted by atomic mass is 9.89. The molecule has 1 atom stereocenters. The topological polar surface area (TPSA) is 43.4 Å². The van der Waals surface area contributed by atoms with Gasteiger partial charge >= 0.3 is 0 Å². The summed E-state index contributed by atoms with van der Waals surface area (Å²) in [6.07, 6.45) is 5.62. The van der Waals surface area contributed by atoms with Crippen molar-refractivity contribution in [3.8, 4) is 16.9 Å². The Morgan fingerprint density at radius 2 is 2.04 bits per heavy atom. The lowest BCUT2D eigenvalue weighted by molar-refractivity contribution is 0.0152. The normalized spacial score (nSPS) is 24.5. The summed E-state index contributed by atoms with van der Waals surface area (Å²) in [5.74, 6) is 0.750. The third-order valence-electron chi connectivity index (χ3n) is 4.93. The smallest absolute Gasteiger partial charge is 0.137 e. The Bertz CT molecular complexity index is 803. The minimum atomic E-state index is -0.312. The second-order valence-corrected chi connectivity index (χ2v) is 7.17. The largest absolute Gasteiger partial charge is 0.495 e. The molecule has 0 bridgehead atoms. The lowest BCUT2D eigenvalue weighted by Crippen LogP contribution is -2.57. The zero-order chi connectivity index (χ0) is 16.8. The summed E-state index contributed by atoms with van der Waals surface area (Å²) in [6.45, 7) is 2.75. The van der Waals surface area contributed by atoms with E-state index >= 15 is 0 Å². The number of nitrogens with one attached hydrogen (secondary N) is 1. The van der Waals surface area contributed by atoms with E-state index in [0.717, 1.165) is 40.3 Å². The van der Waals surface area contributed by atoms with Crippen LogP contribution in [0, 0.1) is 0 Å². The van der Waals surface area contributed by atoms with Crippen LogP contribution in [-0.2, 0) is 10.3 Å². The molecule has 1 N–H and O–H groups in total. The van der Waals surface area contributed by atoms with E-state index in [1.165, 1.54) is 0 Å². The average molecular weight is 340 g/mol. The van der Waals surface area contributed by atoms with E-state index in [-0.39, 0.29) is 11.1 Å². The van der Waals surface area contributed by atoms with E-state index in [0.29, 0.717) is 6.61 Å². The summed E-state index contributed by atoms with van der Waals surface area (Å²) in [6, 6.07) is 10.4. The second kappa shape index (κ2) is 5.53. The summed E-state index contributed by atoms with van der Waals surface area (Å²) < 4.78 is 11.4. The van der Waals surface area contributed by atoms with Crippen LogP contribution in [0.3, 0.4) is 0 Å². The molecular formula is C19H20N2O2S. The fourth-order valence-corrected chi connectivity index (χ4v) is 3.61. The minimum absolute atomic E-state index is 0.177. The molecule has 2 aromatic rings. The Morgan fingerprint density at radius 1 is 1.21 bits per heavy atom. The highest BCUT2D eigenvalue weighted by Crippen LogP contribution is 2.45. The van der Waals surface area contributed by atoms with Crippen molar-refractivity contribution in [3.63, 3.8) is 0 Å². The van der Waals surface area contributed by atoms with Crippen molar-refractivity contribution < 1.29 is 9.47 Å². The molecule has 1 aliphatic heterocycles. The molecule has 2 aliphatic rings. The Labute approximate surface area is 147 Å². The number of thiocarbonyl (C=S) groups is 1. The molecule has 4 nitrogen and oxygen atoms in total. The van der Waals surface area contributed by atoms with Gasteiger partial charge in [-0.2, -0.15) is 0 Å². The van der Waals surface area contributed by atoms with Crippen LogP contribution in [0.15, 0.2) is 42.7 Å². The highest BCUT2D eigenvalue weighted by atomic mass is 32.1. The predicted octanol–water partition coefficient (Wildman–Crippen LogP) is 3.45. The Morgan fingerprint density at radius 3 is 2.75 bits per heavy atom. The molecule has 1 aromatic carbocycles. The van der Waals surface area contributed by atoms with Crippen LogP contribution < -0.4 is 10.1 Å². The van der Waals surface area contributed by atoms with Crippen LogP contribution in [-0.4, -0.2) is 29.3 Å². The molecule has 1 aromatic heterocycles. The van der Waals surface area contributed by atoms with Crippen LogP contribution in [0.4, 0.5) is 0 Å². The number of pyridine rings is 1. The first-order valence-corrected chi connectivity index (χ1v) is 8.52. The van der Waals surface area contributed by atoms with Gasteiger partial charge in [0, 0.05) is 11.8 Å². The molecule has 1 aliphatic carbocycles. The van der Waals surface area contributed by atoms with Crippen molar-refractivity contribution in [2.24, 2.45) is 0 Å². The van der Waals surface area contributed by atoms with Crippen LogP contribution in [0.25, 0.3) is 11.1 Å². The molecule has 1 saturated carbocycles. The first kappa shape index (κ1) is 15.5. The summed E-state index contributed by atoms with van der Waals surface area (Å²) in [5, 5.41) is 3.53. The first-order chi connectivity index (χ1) is 11.5. The molecule has 1 unspecified atom stereocenters. The number of nitrogens with zero attached hydrogens (tertiary/aromatic N) is 1. The predicted molar refractivity (Wildman–Crippen MR) is 97.2 cm³/mol. The Kier molecular flexibility index (Phi) is 3.58. The van der Waals surface area contributed by atoms with Crippen molar-refractivity contribution in [2.45, 2.75) is 30.9 Å². The Hall–Kier alpha value is -1.98. The van der Waals surface area contributed by atoms with Gasteiger partial charge in [0.1, 0.15) is 16.3 Å². The third kappa shape index (κ3) is 2.58. The molecule has 124 valence electrons. The molecule has 1 spiro atoms. The van der Waals surface area contributed by atoms with Crippen LogP contribution in [0.5, 0.6) is 5.75 Å². The van der Waals surface area contributed by atoms with E-state index in [1.54, 1.807) is 13.3 Å². The maximum absolute atomic E-state index is 6.10. The molecule has 0 radical (unpaired) electrons. The number of hydrogen-bond donors (Lipinski definition) is 1. The molecule has 2 fully saturated rings. The third-order valence-corrected chi connectivity index (χ3v) is 5.40. The number of morpholine rings is 1. The van der Waals surface area contributed by atoms with Gasteiger partial charge in [-0.05, 0) is 43.0 Å². The Balaban J connectivity index is 1.66. The summed E-state index contributed by atoms with van der Waals surface area (Å²) >= 11 is 5.55. The van der Waals surface area contributed by atoms with Crippen molar-refractivity contribution in [1.29, 1.82) is 0 Å². The maximum Gasteiger partial charge on any atom is 0.137 e. The quantitative estimate of drug-likeness (QED) is 0.867. The van der Waals surface area contributed by atoms with Gasteiger partial charge in [-0.15, -0.1) is 0 Å². The number of benzene rings is 1. The highest BCUT2D eigenvalue weighted by molar-refractivity contribution is 7.80. The van der Waals surface area contributed by atoms with Crippen LogP contribution >= 0.6 is 12.2 Å². The zero-order valence-electron chi connectivity index (χ0n) is 13.8. The van der Waals surface area contributed by atoms with Gasteiger partial charge in [-0.3, -0.25) is 4.98 Å². The molecule has 2 heterocycles. The summed E-state index contributed by atoms with van der Waals surface area (Å²) in [4.78, 5) is 5.08. The van der Waals surface area contributed by atoms with Crippen LogP contribution in [0.2, 0.25) is 0 Å². The van der Waals surface area contributed by atoms with E-state index in [1.807, 2.05) is 12.3 Å². The van der Waals surface area contributed by atoms with Gasteiger partial charge in [0.15, 0.2) is 0 Å². The zero-order valence-corrected chi connectivity index (χ0v) is 14.7. The fourth-order valence-electron chi connectivity index (χ4n) is 3.12. The molecule has 1 saturated heterocycles. The number of methoxy groups -OCH3 is 1. The van der Waals surface area contributed by atoms with E-state index in [4.69, 9.17) is 21.7 Å². The van der Waals surface area contributed by atoms with Gasteiger partial charge < -0.3 is 14.8 Å². The number of hydrogen-bond acceptors (Lipinski definition) is 4. The minimum Gasteiger partial charge on any atom is -0.495 e. The molecular weight excluding hydrogens is 320 g/mol. The van der Waals surface area contributed by atoms with Gasteiger partial charge in [0.05, 0.1) is 25.5 Å². The monoisotopic (exact) mass is 340 g/mol. The molecule has 24 heavy (non-hydrogen) atoms. The standard InChI is InChI=1S/C19H20N2O2S/c1-18(12-23-19(6-7-19)17(24)21-18)15-5-3-4-13(8-15)14-9-16(22-2)11-20-10-14/h3-5,8-11H,6-7,12H2,1-2H3,(H,21,24). The van der Waals surface area contributed by atoms with Crippen molar-refractivity contribution in [2.75, 3.05) is 13.7 Å². The van der Waals surface area contributed by atoms with Gasteiger partial charge in [-0.1, -0.05) is 30.4 Å². The van der Waals surface area contributed by atoms with Crippen molar-refractivity contribution in [3.05, 3.63) is 48.3 Å². The molecule has 5 heteroatoms. The van der Waals surface area contributed by atoms with Gasteiger partial charge in [-0.25, -0.2) is 0 Å². The SMILES string of the molecule is COc1cncc(-c2cccc(C3(C)COC4(CC4)C(=S)N3)c2)c1. The number of rotatable bonds is 3. The number of aromatic nitrogens is 1. The number of ether oxygens (including phenoxy) is 2. The van der Waals surface area contributed by atoms with Gasteiger partial charge in [0.2, 0.25) is 0 Å².